The minimum Gasteiger partial charge on any atom is -0.384 e. The Balaban J connectivity index is 2.55. The minimum atomic E-state index is 0.582. The van der Waals surface area contributed by atoms with Crippen LogP contribution in [-0.4, -0.2) is 4.98 Å². The van der Waals surface area contributed by atoms with Crippen LogP contribution in [0.15, 0.2) is 18.2 Å². The standard InChI is InChI=1S/C10H12N2/c1-7-3-2-4-9-8(7)5-6-10(11)12-9/h2,4-7H,3H2,1H3,(H2,11,12). The van der Waals surface area contributed by atoms with Gasteiger partial charge in [0, 0.05) is 0 Å². The number of anilines is 1. The number of hydrogen-bond acceptors (Lipinski definition) is 2. The van der Waals surface area contributed by atoms with Gasteiger partial charge in [0.25, 0.3) is 0 Å². The van der Waals surface area contributed by atoms with Gasteiger partial charge >= 0.3 is 0 Å². The summed E-state index contributed by atoms with van der Waals surface area (Å²) in [5, 5.41) is 0. The van der Waals surface area contributed by atoms with Crippen molar-refractivity contribution in [2.45, 2.75) is 19.3 Å². The van der Waals surface area contributed by atoms with Crippen LogP contribution in [0, 0.1) is 0 Å². The van der Waals surface area contributed by atoms with Gasteiger partial charge in [-0.25, -0.2) is 4.98 Å². The molecular formula is C10H12N2. The Bertz CT molecular complexity index is 329. The Labute approximate surface area is 72.1 Å². The maximum atomic E-state index is 5.58. The van der Waals surface area contributed by atoms with Crippen LogP contribution >= 0.6 is 0 Å². The number of nitrogen functional groups attached to an aromatic ring is 1. The van der Waals surface area contributed by atoms with Crippen molar-refractivity contribution in [3.8, 4) is 0 Å². The van der Waals surface area contributed by atoms with E-state index >= 15 is 0 Å². The summed E-state index contributed by atoms with van der Waals surface area (Å²) in [5.41, 5.74) is 7.93. The zero-order valence-electron chi connectivity index (χ0n) is 7.12. The molecule has 0 amide bonds. The average Bonchev–Trinajstić information content (AvgIpc) is 2.04. The predicted molar refractivity (Wildman–Crippen MR) is 50.7 cm³/mol. The number of pyridine rings is 1. The third-order valence-electron chi connectivity index (χ3n) is 2.28. The minimum absolute atomic E-state index is 0.582. The SMILES string of the molecule is CC1CC=Cc2nc(N)ccc21. The lowest BCUT2D eigenvalue weighted by atomic mass is 9.92. The molecule has 0 saturated carbocycles. The molecule has 0 spiro atoms. The molecule has 2 nitrogen and oxygen atoms in total. The van der Waals surface area contributed by atoms with Gasteiger partial charge in [-0.2, -0.15) is 0 Å². The number of rotatable bonds is 0. The first-order valence-corrected chi connectivity index (χ1v) is 4.20. The molecule has 0 fully saturated rings. The second-order valence-electron chi connectivity index (χ2n) is 3.25. The predicted octanol–water partition coefficient (Wildman–Crippen LogP) is 2.18. The molecule has 1 aromatic rings. The van der Waals surface area contributed by atoms with Crippen molar-refractivity contribution < 1.29 is 0 Å². The van der Waals surface area contributed by atoms with Crippen molar-refractivity contribution in [1.29, 1.82) is 0 Å². The fraction of sp³-hybridized carbons (Fsp3) is 0.300. The average molecular weight is 160 g/mol. The van der Waals surface area contributed by atoms with Crippen molar-refractivity contribution >= 4 is 11.9 Å². The topological polar surface area (TPSA) is 38.9 Å². The van der Waals surface area contributed by atoms with Crippen LogP contribution in [0.5, 0.6) is 0 Å². The molecule has 0 bridgehead atoms. The van der Waals surface area contributed by atoms with Gasteiger partial charge in [0.2, 0.25) is 0 Å². The molecule has 1 aliphatic rings. The number of fused-ring (bicyclic) bond motifs is 1. The highest BCUT2D eigenvalue weighted by Crippen LogP contribution is 2.28. The summed E-state index contributed by atoms with van der Waals surface area (Å²) in [6.07, 6.45) is 5.31. The fourth-order valence-electron chi connectivity index (χ4n) is 1.56. The Kier molecular flexibility index (Phi) is 1.61. The van der Waals surface area contributed by atoms with Crippen LogP contribution in [0.3, 0.4) is 0 Å². The molecule has 0 aromatic carbocycles. The van der Waals surface area contributed by atoms with Gasteiger partial charge in [0.05, 0.1) is 5.69 Å². The maximum absolute atomic E-state index is 5.58. The lowest BCUT2D eigenvalue weighted by molar-refractivity contribution is 0.765. The number of nitrogens with two attached hydrogens (primary N) is 1. The third kappa shape index (κ3) is 1.09. The van der Waals surface area contributed by atoms with Gasteiger partial charge in [0.15, 0.2) is 0 Å². The van der Waals surface area contributed by atoms with Crippen molar-refractivity contribution in [3.63, 3.8) is 0 Å². The van der Waals surface area contributed by atoms with E-state index in [1.807, 2.05) is 12.1 Å². The highest BCUT2D eigenvalue weighted by atomic mass is 14.8. The van der Waals surface area contributed by atoms with Crippen LogP contribution < -0.4 is 5.73 Å². The van der Waals surface area contributed by atoms with E-state index in [1.165, 1.54) is 5.56 Å². The molecule has 0 saturated heterocycles. The molecule has 0 radical (unpaired) electrons. The smallest absolute Gasteiger partial charge is 0.124 e. The molecule has 1 heterocycles. The van der Waals surface area contributed by atoms with Gasteiger partial charge in [0.1, 0.15) is 5.82 Å². The molecule has 0 aliphatic heterocycles. The summed E-state index contributed by atoms with van der Waals surface area (Å²) in [4.78, 5) is 4.26. The van der Waals surface area contributed by atoms with Crippen LogP contribution in [0.4, 0.5) is 5.82 Å². The van der Waals surface area contributed by atoms with Gasteiger partial charge in [-0.3, -0.25) is 0 Å². The Morgan fingerprint density at radius 1 is 1.50 bits per heavy atom. The maximum Gasteiger partial charge on any atom is 0.124 e. The highest BCUT2D eigenvalue weighted by Gasteiger charge is 2.12. The largest absolute Gasteiger partial charge is 0.384 e. The van der Waals surface area contributed by atoms with E-state index < -0.39 is 0 Å². The molecule has 12 heavy (non-hydrogen) atoms. The second-order valence-corrected chi connectivity index (χ2v) is 3.25. The molecule has 1 atom stereocenters. The Morgan fingerprint density at radius 3 is 3.17 bits per heavy atom. The monoisotopic (exact) mass is 160 g/mol. The molecule has 2 heteroatoms. The zero-order valence-corrected chi connectivity index (χ0v) is 7.12. The van der Waals surface area contributed by atoms with E-state index in [-0.39, 0.29) is 0 Å². The number of aromatic nitrogens is 1. The van der Waals surface area contributed by atoms with Crippen LogP contribution in [0.25, 0.3) is 6.08 Å². The molecule has 1 aliphatic carbocycles. The summed E-state index contributed by atoms with van der Waals surface area (Å²) < 4.78 is 0. The van der Waals surface area contributed by atoms with Gasteiger partial charge < -0.3 is 5.73 Å². The molecule has 2 rings (SSSR count). The summed E-state index contributed by atoms with van der Waals surface area (Å²) in [7, 11) is 0. The van der Waals surface area contributed by atoms with E-state index in [2.05, 4.69) is 24.1 Å². The lowest BCUT2D eigenvalue weighted by Crippen LogP contribution is -2.03. The molecule has 62 valence electrons. The summed E-state index contributed by atoms with van der Waals surface area (Å²) >= 11 is 0. The molecular weight excluding hydrogens is 148 g/mol. The Morgan fingerprint density at radius 2 is 2.33 bits per heavy atom. The number of allylic oxidation sites excluding steroid dienone is 1. The second kappa shape index (κ2) is 2.63. The van der Waals surface area contributed by atoms with E-state index in [4.69, 9.17) is 5.73 Å². The van der Waals surface area contributed by atoms with Crippen LogP contribution in [0.2, 0.25) is 0 Å². The van der Waals surface area contributed by atoms with E-state index in [0.29, 0.717) is 11.7 Å². The first kappa shape index (κ1) is 7.35. The van der Waals surface area contributed by atoms with Crippen LogP contribution in [0.1, 0.15) is 30.5 Å². The van der Waals surface area contributed by atoms with Gasteiger partial charge in [-0.15, -0.1) is 0 Å². The van der Waals surface area contributed by atoms with Crippen molar-refractivity contribution in [3.05, 3.63) is 29.5 Å². The summed E-state index contributed by atoms with van der Waals surface area (Å²) in [5.74, 6) is 1.19. The van der Waals surface area contributed by atoms with Gasteiger partial charge in [-0.1, -0.05) is 19.1 Å². The summed E-state index contributed by atoms with van der Waals surface area (Å²) in [6, 6.07) is 3.94. The van der Waals surface area contributed by atoms with Crippen molar-refractivity contribution in [1.82, 2.24) is 4.98 Å². The lowest BCUT2D eigenvalue weighted by Gasteiger charge is -2.16. The van der Waals surface area contributed by atoms with E-state index in [1.54, 1.807) is 0 Å². The normalized spacial score (nSPS) is 20.6. The third-order valence-corrected chi connectivity index (χ3v) is 2.28. The van der Waals surface area contributed by atoms with E-state index in [9.17, 15) is 0 Å². The Hall–Kier alpha value is -1.31. The van der Waals surface area contributed by atoms with Crippen molar-refractivity contribution in [2.75, 3.05) is 5.73 Å². The quantitative estimate of drug-likeness (QED) is 0.631. The fourth-order valence-corrected chi connectivity index (χ4v) is 1.56. The number of hydrogen-bond donors (Lipinski definition) is 1. The van der Waals surface area contributed by atoms with Crippen molar-refractivity contribution in [2.24, 2.45) is 0 Å². The van der Waals surface area contributed by atoms with E-state index in [0.717, 1.165) is 12.1 Å². The summed E-state index contributed by atoms with van der Waals surface area (Å²) in [6.45, 7) is 2.21. The van der Waals surface area contributed by atoms with Gasteiger partial charge in [-0.05, 0) is 30.0 Å². The molecule has 1 aromatic heterocycles. The molecule has 1 unspecified atom stereocenters. The zero-order chi connectivity index (χ0) is 8.55. The number of nitrogens with zero attached hydrogens (tertiary/aromatic N) is 1. The first-order chi connectivity index (χ1) is 5.77. The first-order valence-electron chi connectivity index (χ1n) is 4.20. The molecule has 2 N–H and O–H groups in total. The van der Waals surface area contributed by atoms with Crippen LogP contribution in [-0.2, 0) is 0 Å². The highest BCUT2D eigenvalue weighted by molar-refractivity contribution is 5.56.